The van der Waals surface area contributed by atoms with Crippen molar-refractivity contribution in [2.75, 3.05) is 19.5 Å². The molecular formula is C18H19N2O5+. The molecule has 130 valence electrons. The fraction of sp³-hybridized carbons (Fsp3) is 0.222. The Morgan fingerprint density at radius 3 is 2.40 bits per heavy atom. The quantitative estimate of drug-likeness (QED) is 0.657. The van der Waals surface area contributed by atoms with Crippen LogP contribution in [-0.4, -0.2) is 32.1 Å². The first-order valence-corrected chi connectivity index (χ1v) is 7.52. The maximum Gasteiger partial charge on any atom is 0.339 e. The largest absolute Gasteiger partial charge is 0.465 e. The average molecular weight is 343 g/mol. The highest BCUT2D eigenvalue weighted by molar-refractivity contribution is 6.03. The van der Waals surface area contributed by atoms with Crippen molar-refractivity contribution in [1.29, 1.82) is 0 Å². The van der Waals surface area contributed by atoms with Gasteiger partial charge in [-0.25, -0.2) is 9.59 Å². The Morgan fingerprint density at radius 2 is 1.76 bits per heavy atom. The molecule has 7 nitrogen and oxygen atoms in total. The van der Waals surface area contributed by atoms with Crippen LogP contribution in [0, 0.1) is 6.92 Å². The van der Waals surface area contributed by atoms with E-state index in [1.165, 1.54) is 32.4 Å². The second-order valence-electron chi connectivity index (χ2n) is 5.26. The van der Waals surface area contributed by atoms with Gasteiger partial charge in [-0.1, -0.05) is 6.07 Å². The molecule has 1 heterocycles. The SMILES string of the molecule is COC(=O)c1ccc(C(=O)OC)c(NC(=O)C[n+]2ccccc2C)c1. The van der Waals surface area contributed by atoms with E-state index in [1.807, 2.05) is 25.1 Å². The number of hydrogen-bond acceptors (Lipinski definition) is 5. The molecule has 0 unspecified atom stereocenters. The number of hydrogen-bond donors (Lipinski definition) is 1. The molecule has 1 aromatic carbocycles. The number of nitrogens with zero attached hydrogens (tertiary/aromatic N) is 1. The van der Waals surface area contributed by atoms with Crippen LogP contribution >= 0.6 is 0 Å². The van der Waals surface area contributed by atoms with E-state index in [0.29, 0.717) is 0 Å². The predicted octanol–water partition coefficient (Wildman–Crippen LogP) is 1.49. The molecule has 0 saturated carbocycles. The molecule has 0 bridgehead atoms. The van der Waals surface area contributed by atoms with E-state index in [9.17, 15) is 14.4 Å². The average Bonchev–Trinajstić information content (AvgIpc) is 2.62. The first-order valence-electron chi connectivity index (χ1n) is 7.52. The summed E-state index contributed by atoms with van der Waals surface area (Å²) in [5, 5.41) is 2.65. The topological polar surface area (TPSA) is 85.6 Å². The van der Waals surface area contributed by atoms with Gasteiger partial charge < -0.3 is 14.8 Å². The first-order chi connectivity index (χ1) is 12.0. The fourth-order valence-corrected chi connectivity index (χ4v) is 2.26. The van der Waals surface area contributed by atoms with E-state index in [2.05, 4.69) is 10.1 Å². The zero-order chi connectivity index (χ0) is 18.4. The monoisotopic (exact) mass is 343 g/mol. The third-order valence-corrected chi connectivity index (χ3v) is 3.60. The summed E-state index contributed by atoms with van der Waals surface area (Å²) in [6.45, 7) is 1.95. The lowest BCUT2D eigenvalue weighted by Gasteiger charge is -2.10. The molecule has 1 aromatic heterocycles. The van der Waals surface area contributed by atoms with Crippen molar-refractivity contribution in [3.05, 3.63) is 59.4 Å². The second-order valence-corrected chi connectivity index (χ2v) is 5.26. The molecule has 1 N–H and O–H groups in total. The minimum Gasteiger partial charge on any atom is -0.465 e. The molecule has 0 fully saturated rings. The van der Waals surface area contributed by atoms with Crippen LogP contribution in [0.25, 0.3) is 0 Å². The molecule has 0 saturated heterocycles. The van der Waals surface area contributed by atoms with Crippen molar-refractivity contribution in [2.45, 2.75) is 13.5 Å². The lowest BCUT2D eigenvalue weighted by molar-refractivity contribution is -0.690. The van der Waals surface area contributed by atoms with Crippen molar-refractivity contribution < 1.29 is 28.4 Å². The number of esters is 2. The number of amides is 1. The minimum atomic E-state index is -0.615. The van der Waals surface area contributed by atoms with Gasteiger partial charge in [0.2, 0.25) is 6.54 Å². The third kappa shape index (κ3) is 4.41. The highest BCUT2D eigenvalue weighted by Crippen LogP contribution is 2.19. The summed E-state index contributed by atoms with van der Waals surface area (Å²) in [4.78, 5) is 35.9. The Kier molecular flexibility index (Phi) is 5.84. The number of benzene rings is 1. The Balaban J connectivity index is 2.29. The van der Waals surface area contributed by atoms with E-state index in [1.54, 1.807) is 10.8 Å². The fourth-order valence-electron chi connectivity index (χ4n) is 2.26. The number of aryl methyl sites for hydroxylation is 1. The van der Waals surface area contributed by atoms with Gasteiger partial charge in [-0.05, 0) is 18.2 Å². The zero-order valence-corrected chi connectivity index (χ0v) is 14.2. The number of rotatable bonds is 5. The third-order valence-electron chi connectivity index (χ3n) is 3.60. The lowest BCUT2D eigenvalue weighted by atomic mass is 10.1. The van der Waals surface area contributed by atoms with Gasteiger partial charge in [0.15, 0.2) is 11.9 Å². The molecule has 2 rings (SSSR count). The van der Waals surface area contributed by atoms with E-state index in [4.69, 9.17) is 4.74 Å². The Bertz CT molecular complexity index is 817. The Hall–Kier alpha value is -3.22. The molecule has 7 heteroatoms. The summed E-state index contributed by atoms with van der Waals surface area (Å²) in [7, 11) is 2.49. The zero-order valence-electron chi connectivity index (χ0n) is 14.2. The van der Waals surface area contributed by atoms with Gasteiger partial charge in [0, 0.05) is 19.1 Å². The number of anilines is 1. The molecule has 0 aliphatic carbocycles. The highest BCUT2D eigenvalue weighted by atomic mass is 16.5. The number of aromatic nitrogens is 1. The summed E-state index contributed by atoms with van der Waals surface area (Å²) in [5.74, 6) is -1.53. The number of nitrogens with one attached hydrogen (secondary N) is 1. The van der Waals surface area contributed by atoms with Crippen LogP contribution in [0.3, 0.4) is 0 Å². The van der Waals surface area contributed by atoms with Gasteiger partial charge in [0.1, 0.15) is 0 Å². The van der Waals surface area contributed by atoms with E-state index in [-0.39, 0.29) is 29.3 Å². The summed E-state index contributed by atoms with van der Waals surface area (Å²) >= 11 is 0. The number of carbonyl (C=O) groups is 3. The lowest BCUT2D eigenvalue weighted by Crippen LogP contribution is -2.42. The van der Waals surface area contributed by atoms with Crippen LogP contribution in [0.4, 0.5) is 5.69 Å². The van der Waals surface area contributed by atoms with E-state index < -0.39 is 11.9 Å². The number of pyridine rings is 1. The van der Waals surface area contributed by atoms with Crippen molar-refractivity contribution in [3.63, 3.8) is 0 Å². The van der Waals surface area contributed by atoms with Crippen molar-refractivity contribution >= 4 is 23.5 Å². The van der Waals surface area contributed by atoms with Crippen molar-refractivity contribution in [2.24, 2.45) is 0 Å². The van der Waals surface area contributed by atoms with E-state index in [0.717, 1.165) is 5.69 Å². The van der Waals surface area contributed by atoms with Crippen LogP contribution < -0.4 is 9.88 Å². The smallest absolute Gasteiger partial charge is 0.339 e. The standard InChI is InChI=1S/C18H18N2O5/c1-12-6-4-5-9-20(12)11-16(21)19-15-10-13(17(22)24-2)7-8-14(15)18(23)25-3/h4-10H,11H2,1-3H3/p+1. The molecule has 0 aliphatic rings. The molecule has 1 amide bonds. The molecule has 0 atom stereocenters. The van der Waals surface area contributed by atoms with Crippen molar-refractivity contribution in [1.82, 2.24) is 0 Å². The summed E-state index contributed by atoms with van der Waals surface area (Å²) < 4.78 is 11.1. The maximum atomic E-state index is 12.3. The van der Waals surface area contributed by atoms with E-state index >= 15 is 0 Å². The van der Waals surface area contributed by atoms with Crippen LogP contribution in [0.15, 0.2) is 42.6 Å². The molecule has 0 radical (unpaired) electrons. The van der Waals surface area contributed by atoms with Gasteiger partial charge in [-0.2, -0.15) is 4.57 Å². The van der Waals surface area contributed by atoms with Gasteiger partial charge in [0.05, 0.1) is 31.0 Å². The highest BCUT2D eigenvalue weighted by Gasteiger charge is 2.19. The molecule has 0 aliphatic heterocycles. The Morgan fingerprint density at radius 1 is 1.04 bits per heavy atom. The summed E-state index contributed by atoms with van der Waals surface area (Å²) in [6, 6.07) is 9.80. The van der Waals surface area contributed by atoms with Crippen molar-refractivity contribution in [3.8, 4) is 0 Å². The van der Waals surface area contributed by atoms with Crippen LogP contribution in [-0.2, 0) is 20.8 Å². The number of methoxy groups -OCH3 is 2. The molecule has 25 heavy (non-hydrogen) atoms. The van der Waals surface area contributed by atoms with Gasteiger partial charge in [-0.15, -0.1) is 0 Å². The normalized spacial score (nSPS) is 10.0. The van der Waals surface area contributed by atoms with Crippen LogP contribution in [0.1, 0.15) is 26.4 Å². The Labute approximate surface area is 145 Å². The first kappa shape index (κ1) is 18.1. The number of ether oxygens (including phenoxy) is 2. The summed E-state index contributed by atoms with van der Waals surface area (Å²) in [6.07, 6.45) is 1.78. The minimum absolute atomic E-state index is 0.0652. The second kappa shape index (κ2) is 8.05. The maximum absolute atomic E-state index is 12.3. The molecule has 0 spiro atoms. The number of carbonyl (C=O) groups excluding carboxylic acids is 3. The molecular weight excluding hydrogens is 324 g/mol. The van der Waals surface area contributed by atoms with Crippen LogP contribution in [0.5, 0.6) is 0 Å². The van der Waals surface area contributed by atoms with Gasteiger partial charge in [0.25, 0.3) is 5.91 Å². The van der Waals surface area contributed by atoms with Gasteiger partial charge in [-0.3, -0.25) is 4.79 Å². The summed E-state index contributed by atoms with van der Waals surface area (Å²) in [5.41, 5.74) is 1.47. The molecule has 2 aromatic rings. The van der Waals surface area contributed by atoms with Gasteiger partial charge >= 0.3 is 11.9 Å². The predicted molar refractivity (Wildman–Crippen MR) is 89.1 cm³/mol. The van der Waals surface area contributed by atoms with Crippen LogP contribution in [0.2, 0.25) is 0 Å².